The van der Waals surface area contributed by atoms with Crippen molar-refractivity contribution in [3.63, 3.8) is 0 Å². The monoisotopic (exact) mass is 231 g/mol. The summed E-state index contributed by atoms with van der Waals surface area (Å²) in [5, 5.41) is 10.2. The summed E-state index contributed by atoms with van der Waals surface area (Å²) < 4.78 is 1.92. The smallest absolute Gasteiger partial charge is 0.111 e. The molecule has 4 heteroatoms. The van der Waals surface area contributed by atoms with Gasteiger partial charge in [0.05, 0.1) is 6.10 Å². The minimum absolute atomic E-state index is 0.509. The topological polar surface area (TPSA) is 50.9 Å². The van der Waals surface area contributed by atoms with Gasteiger partial charge in [0, 0.05) is 42.8 Å². The molecule has 17 heavy (non-hydrogen) atoms. The number of pyridine rings is 1. The summed E-state index contributed by atoms with van der Waals surface area (Å²) in [7, 11) is 1.93. The SMILES string of the molecule is Cc1ccc(C(O)Cc2nccn2C)c(C)n1. The van der Waals surface area contributed by atoms with Crippen LogP contribution < -0.4 is 0 Å². The maximum Gasteiger partial charge on any atom is 0.111 e. The predicted molar refractivity (Wildman–Crippen MR) is 65.6 cm³/mol. The van der Waals surface area contributed by atoms with Gasteiger partial charge in [-0.25, -0.2) is 4.98 Å². The van der Waals surface area contributed by atoms with Crippen molar-refractivity contribution < 1.29 is 5.11 Å². The Labute approximate surface area is 101 Å². The second kappa shape index (κ2) is 4.67. The van der Waals surface area contributed by atoms with Crippen LogP contribution in [0.1, 0.15) is 28.9 Å². The number of aryl methyl sites for hydroxylation is 3. The highest BCUT2D eigenvalue weighted by Crippen LogP contribution is 2.20. The molecular weight excluding hydrogens is 214 g/mol. The van der Waals surface area contributed by atoms with Gasteiger partial charge in [-0.3, -0.25) is 4.98 Å². The molecule has 0 fully saturated rings. The average molecular weight is 231 g/mol. The van der Waals surface area contributed by atoms with E-state index in [4.69, 9.17) is 0 Å². The van der Waals surface area contributed by atoms with Gasteiger partial charge >= 0.3 is 0 Å². The minimum Gasteiger partial charge on any atom is -0.388 e. The van der Waals surface area contributed by atoms with E-state index in [-0.39, 0.29) is 0 Å². The molecule has 0 aromatic carbocycles. The van der Waals surface area contributed by atoms with Crippen molar-refractivity contribution in [3.8, 4) is 0 Å². The zero-order chi connectivity index (χ0) is 12.4. The van der Waals surface area contributed by atoms with E-state index in [1.807, 2.05) is 43.8 Å². The minimum atomic E-state index is -0.552. The molecule has 0 saturated heterocycles. The van der Waals surface area contributed by atoms with Gasteiger partial charge in [0.15, 0.2) is 0 Å². The molecule has 0 aliphatic rings. The van der Waals surface area contributed by atoms with Gasteiger partial charge in [0.1, 0.15) is 5.82 Å². The molecule has 1 unspecified atom stereocenters. The molecule has 90 valence electrons. The first kappa shape index (κ1) is 11.8. The second-order valence-corrected chi connectivity index (χ2v) is 4.30. The van der Waals surface area contributed by atoms with Gasteiger partial charge in [-0.2, -0.15) is 0 Å². The number of hydrogen-bond acceptors (Lipinski definition) is 3. The molecule has 2 aromatic rings. The summed E-state index contributed by atoms with van der Waals surface area (Å²) in [6, 6.07) is 3.86. The lowest BCUT2D eigenvalue weighted by molar-refractivity contribution is 0.173. The number of aliphatic hydroxyl groups excluding tert-OH is 1. The Hall–Kier alpha value is -1.68. The first-order valence-electron chi connectivity index (χ1n) is 5.66. The Bertz CT molecular complexity index is 519. The highest BCUT2D eigenvalue weighted by atomic mass is 16.3. The molecular formula is C13H17N3O. The van der Waals surface area contributed by atoms with Crippen LogP contribution in [0.25, 0.3) is 0 Å². The molecule has 0 saturated carbocycles. The first-order valence-corrected chi connectivity index (χ1v) is 5.66. The fraction of sp³-hybridized carbons (Fsp3) is 0.385. The molecule has 1 atom stereocenters. The van der Waals surface area contributed by atoms with Crippen molar-refractivity contribution >= 4 is 0 Å². The molecule has 0 spiro atoms. The lowest BCUT2D eigenvalue weighted by Crippen LogP contribution is -2.09. The lowest BCUT2D eigenvalue weighted by atomic mass is 10.0. The number of hydrogen-bond donors (Lipinski definition) is 1. The molecule has 0 amide bonds. The fourth-order valence-electron chi connectivity index (χ4n) is 1.93. The van der Waals surface area contributed by atoms with E-state index >= 15 is 0 Å². The standard InChI is InChI=1S/C13H17N3O/c1-9-4-5-11(10(2)15-9)12(17)8-13-14-6-7-16(13)3/h4-7,12,17H,8H2,1-3H3. The Morgan fingerprint density at radius 3 is 2.71 bits per heavy atom. The van der Waals surface area contributed by atoms with Crippen molar-refractivity contribution in [2.45, 2.75) is 26.4 Å². The zero-order valence-electron chi connectivity index (χ0n) is 10.4. The molecule has 2 aromatic heterocycles. The summed E-state index contributed by atoms with van der Waals surface area (Å²) in [5.74, 6) is 0.873. The quantitative estimate of drug-likeness (QED) is 0.874. The van der Waals surface area contributed by atoms with Crippen molar-refractivity contribution in [2.75, 3.05) is 0 Å². The number of aliphatic hydroxyl groups is 1. The van der Waals surface area contributed by atoms with E-state index in [2.05, 4.69) is 9.97 Å². The average Bonchev–Trinajstić information content (AvgIpc) is 2.64. The Morgan fingerprint density at radius 2 is 2.12 bits per heavy atom. The molecule has 0 aliphatic heterocycles. The maximum absolute atomic E-state index is 10.2. The van der Waals surface area contributed by atoms with E-state index < -0.39 is 6.10 Å². The van der Waals surface area contributed by atoms with E-state index in [0.717, 1.165) is 22.8 Å². The third-order valence-electron chi connectivity index (χ3n) is 2.92. The van der Waals surface area contributed by atoms with Gasteiger partial charge < -0.3 is 9.67 Å². The number of nitrogens with zero attached hydrogens (tertiary/aromatic N) is 3. The van der Waals surface area contributed by atoms with Crippen LogP contribution in [-0.4, -0.2) is 19.6 Å². The first-order chi connectivity index (χ1) is 8.08. The Kier molecular flexibility index (Phi) is 3.24. The summed E-state index contributed by atoms with van der Waals surface area (Å²) in [5.41, 5.74) is 2.72. The van der Waals surface area contributed by atoms with E-state index in [1.54, 1.807) is 6.20 Å². The summed E-state index contributed by atoms with van der Waals surface area (Å²) in [6.07, 6.45) is 3.57. The fourth-order valence-corrected chi connectivity index (χ4v) is 1.93. The summed E-state index contributed by atoms with van der Waals surface area (Å²) >= 11 is 0. The van der Waals surface area contributed by atoms with Gasteiger partial charge in [-0.1, -0.05) is 6.07 Å². The molecule has 0 aliphatic carbocycles. The van der Waals surface area contributed by atoms with Gasteiger partial charge in [0.2, 0.25) is 0 Å². The molecule has 1 N–H and O–H groups in total. The molecule has 2 heterocycles. The van der Waals surface area contributed by atoms with Crippen LogP contribution in [0.15, 0.2) is 24.5 Å². The van der Waals surface area contributed by atoms with E-state index in [9.17, 15) is 5.11 Å². The third kappa shape index (κ3) is 2.53. The van der Waals surface area contributed by atoms with Crippen molar-refractivity contribution in [1.29, 1.82) is 0 Å². The molecule has 0 radical (unpaired) electrons. The van der Waals surface area contributed by atoms with Crippen LogP contribution in [0, 0.1) is 13.8 Å². The van der Waals surface area contributed by atoms with Crippen LogP contribution in [-0.2, 0) is 13.5 Å². The van der Waals surface area contributed by atoms with E-state index in [1.165, 1.54) is 0 Å². The van der Waals surface area contributed by atoms with Gasteiger partial charge in [0.25, 0.3) is 0 Å². The Balaban J connectivity index is 2.20. The van der Waals surface area contributed by atoms with Gasteiger partial charge in [-0.15, -0.1) is 0 Å². The number of aromatic nitrogens is 3. The van der Waals surface area contributed by atoms with Crippen LogP contribution in [0.4, 0.5) is 0 Å². The molecule has 2 rings (SSSR count). The number of imidazole rings is 1. The normalized spacial score (nSPS) is 12.7. The maximum atomic E-state index is 10.2. The van der Waals surface area contributed by atoms with Gasteiger partial charge in [-0.05, 0) is 19.9 Å². The third-order valence-corrected chi connectivity index (χ3v) is 2.92. The summed E-state index contributed by atoms with van der Waals surface area (Å²) in [6.45, 7) is 3.87. The highest BCUT2D eigenvalue weighted by Gasteiger charge is 2.14. The van der Waals surface area contributed by atoms with Crippen LogP contribution in [0.5, 0.6) is 0 Å². The lowest BCUT2D eigenvalue weighted by Gasteiger charge is -2.13. The largest absolute Gasteiger partial charge is 0.388 e. The van der Waals surface area contributed by atoms with Crippen molar-refractivity contribution in [3.05, 3.63) is 47.3 Å². The van der Waals surface area contributed by atoms with E-state index in [0.29, 0.717) is 6.42 Å². The van der Waals surface area contributed by atoms with Crippen LogP contribution in [0.2, 0.25) is 0 Å². The Morgan fingerprint density at radius 1 is 1.35 bits per heavy atom. The van der Waals surface area contributed by atoms with Crippen molar-refractivity contribution in [2.24, 2.45) is 7.05 Å². The highest BCUT2D eigenvalue weighted by molar-refractivity contribution is 5.24. The van der Waals surface area contributed by atoms with Crippen LogP contribution >= 0.6 is 0 Å². The molecule has 0 bridgehead atoms. The number of rotatable bonds is 3. The predicted octanol–water partition coefficient (Wildman–Crippen LogP) is 1.71. The second-order valence-electron chi connectivity index (χ2n) is 4.30. The van der Waals surface area contributed by atoms with Crippen molar-refractivity contribution in [1.82, 2.24) is 14.5 Å². The zero-order valence-corrected chi connectivity index (χ0v) is 10.4. The summed E-state index contributed by atoms with van der Waals surface area (Å²) in [4.78, 5) is 8.57. The molecule has 4 nitrogen and oxygen atoms in total. The van der Waals surface area contributed by atoms with Crippen LogP contribution in [0.3, 0.4) is 0 Å².